The summed E-state index contributed by atoms with van der Waals surface area (Å²) in [5.41, 5.74) is 13.8. The number of pyridine rings is 1. The van der Waals surface area contributed by atoms with E-state index >= 15 is 0 Å². The molecule has 2 aromatic rings. The molecule has 2 rings (SSSR count). The number of hydrogen-bond donors (Lipinski definition) is 2. The molecule has 0 spiro atoms. The fraction of sp³-hybridized carbons (Fsp3) is 0. The Morgan fingerprint density at radius 3 is 2.12 bits per heavy atom. The van der Waals surface area contributed by atoms with Gasteiger partial charge in [-0.1, -0.05) is 34.8 Å². The van der Waals surface area contributed by atoms with Crippen LogP contribution in [0.4, 0.5) is 11.4 Å². The van der Waals surface area contributed by atoms with Crippen LogP contribution in [-0.4, -0.2) is 4.98 Å². The smallest absolute Gasteiger partial charge is 0.0778 e. The molecule has 0 aliphatic carbocycles. The van der Waals surface area contributed by atoms with E-state index in [0.29, 0.717) is 32.0 Å². The Bertz CT molecular complexity index is 561. The highest BCUT2D eigenvalue weighted by atomic mass is 35.5. The van der Waals surface area contributed by atoms with Crippen molar-refractivity contribution >= 4 is 46.2 Å². The van der Waals surface area contributed by atoms with Crippen LogP contribution in [0, 0.1) is 0 Å². The Hall–Kier alpha value is -1.16. The minimum absolute atomic E-state index is 0.313. The number of benzene rings is 1. The fourth-order valence-electron chi connectivity index (χ4n) is 1.43. The maximum absolute atomic E-state index is 5.95. The van der Waals surface area contributed by atoms with E-state index in [9.17, 15) is 0 Å². The van der Waals surface area contributed by atoms with Crippen molar-refractivity contribution in [3.8, 4) is 11.1 Å². The van der Waals surface area contributed by atoms with Crippen molar-refractivity contribution in [1.29, 1.82) is 0 Å². The largest absolute Gasteiger partial charge is 0.396 e. The Morgan fingerprint density at radius 1 is 0.941 bits per heavy atom. The third-order valence-corrected chi connectivity index (χ3v) is 3.51. The van der Waals surface area contributed by atoms with Gasteiger partial charge in [0.1, 0.15) is 0 Å². The molecular weight excluding hydrogens is 281 g/mol. The predicted octanol–water partition coefficient (Wildman–Crippen LogP) is 3.87. The summed E-state index contributed by atoms with van der Waals surface area (Å²) in [5, 5.41) is 1.03. The first-order chi connectivity index (χ1) is 8.00. The summed E-state index contributed by atoms with van der Waals surface area (Å²) in [4.78, 5) is 3.98. The number of nitrogen functional groups attached to an aromatic ring is 2. The van der Waals surface area contributed by atoms with Crippen molar-refractivity contribution in [2.45, 2.75) is 0 Å². The van der Waals surface area contributed by atoms with E-state index in [-0.39, 0.29) is 0 Å². The van der Waals surface area contributed by atoms with Crippen molar-refractivity contribution in [1.82, 2.24) is 4.98 Å². The topological polar surface area (TPSA) is 64.9 Å². The lowest BCUT2D eigenvalue weighted by atomic mass is 10.1. The van der Waals surface area contributed by atoms with Gasteiger partial charge in [0.15, 0.2) is 0 Å². The van der Waals surface area contributed by atoms with Gasteiger partial charge in [-0.2, -0.15) is 0 Å². The summed E-state index contributed by atoms with van der Waals surface area (Å²) < 4.78 is 0. The highest BCUT2D eigenvalue weighted by Gasteiger charge is 2.11. The summed E-state index contributed by atoms with van der Waals surface area (Å²) in [6, 6.07) is 3.34. The van der Waals surface area contributed by atoms with Crippen LogP contribution in [0.1, 0.15) is 0 Å². The second kappa shape index (κ2) is 4.61. The molecule has 4 N–H and O–H groups in total. The van der Waals surface area contributed by atoms with Gasteiger partial charge in [-0.15, -0.1) is 0 Å². The highest BCUT2D eigenvalue weighted by Crippen LogP contribution is 2.37. The molecule has 0 aliphatic heterocycles. The first-order valence-electron chi connectivity index (χ1n) is 4.64. The number of rotatable bonds is 1. The van der Waals surface area contributed by atoms with Crippen LogP contribution in [0.25, 0.3) is 11.1 Å². The molecule has 0 amide bonds. The minimum Gasteiger partial charge on any atom is -0.396 e. The average Bonchev–Trinajstić information content (AvgIpc) is 2.29. The van der Waals surface area contributed by atoms with Gasteiger partial charge in [0.2, 0.25) is 0 Å². The van der Waals surface area contributed by atoms with Crippen LogP contribution in [0.3, 0.4) is 0 Å². The SMILES string of the molecule is Nc1cncc(-c2cc(Cl)c(Cl)c(Cl)c2)c1N. The van der Waals surface area contributed by atoms with Gasteiger partial charge in [-0.3, -0.25) is 4.98 Å². The standard InChI is InChI=1S/C11H8Cl3N3/c12-7-1-5(2-8(13)10(7)14)6-3-17-4-9(15)11(6)16/h1-4H,15H2,(H2,16,17). The van der Waals surface area contributed by atoms with Gasteiger partial charge in [0.25, 0.3) is 0 Å². The predicted molar refractivity (Wildman–Crippen MR) is 73.5 cm³/mol. The quantitative estimate of drug-likeness (QED) is 0.783. The zero-order valence-corrected chi connectivity index (χ0v) is 10.8. The Kier molecular flexibility index (Phi) is 3.33. The molecule has 1 aromatic heterocycles. The molecule has 0 fully saturated rings. The monoisotopic (exact) mass is 287 g/mol. The third kappa shape index (κ3) is 2.27. The van der Waals surface area contributed by atoms with E-state index < -0.39 is 0 Å². The zero-order valence-electron chi connectivity index (χ0n) is 8.55. The van der Waals surface area contributed by atoms with Gasteiger partial charge in [-0.25, -0.2) is 0 Å². The van der Waals surface area contributed by atoms with Gasteiger partial charge in [0.05, 0.1) is 32.6 Å². The van der Waals surface area contributed by atoms with Crippen LogP contribution in [-0.2, 0) is 0 Å². The average molecular weight is 289 g/mol. The lowest BCUT2D eigenvalue weighted by Crippen LogP contribution is -1.98. The molecular formula is C11H8Cl3N3. The molecule has 0 saturated heterocycles. The van der Waals surface area contributed by atoms with Crippen LogP contribution < -0.4 is 11.5 Å². The molecule has 6 heteroatoms. The van der Waals surface area contributed by atoms with Crippen molar-refractivity contribution < 1.29 is 0 Å². The number of hydrogen-bond acceptors (Lipinski definition) is 3. The summed E-state index contributed by atoms with van der Waals surface area (Å²) in [5.74, 6) is 0. The van der Waals surface area contributed by atoms with E-state index in [1.807, 2.05) is 0 Å². The van der Waals surface area contributed by atoms with Crippen molar-refractivity contribution in [3.63, 3.8) is 0 Å². The van der Waals surface area contributed by atoms with Gasteiger partial charge < -0.3 is 11.5 Å². The second-order valence-corrected chi connectivity index (χ2v) is 4.64. The van der Waals surface area contributed by atoms with Crippen LogP contribution >= 0.6 is 34.8 Å². The molecule has 0 aliphatic rings. The zero-order chi connectivity index (χ0) is 12.6. The van der Waals surface area contributed by atoms with E-state index in [4.69, 9.17) is 46.3 Å². The van der Waals surface area contributed by atoms with E-state index in [0.717, 1.165) is 5.56 Å². The first kappa shape index (κ1) is 12.3. The third-order valence-electron chi connectivity index (χ3n) is 2.31. The summed E-state index contributed by atoms with van der Waals surface area (Å²) in [7, 11) is 0. The lowest BCUT2D eigenvalue weighted by molar-refractivity contribution is 1.33. The maximum Gasteiger partial charge on any atom is 0.0778 e. The second-order valence-electron chi connectivity index (χ2n) is 3.44. The molecule has 88 valence electrons. The van der Waals surface area contributed by atoms with Crippen LogP contribution in [0.15, 0.2) is 24.5 Å². The summed E-state index contributed by atoms with van der Waals surface area (Å²) >= 11 is 17.8. The van der Waals surface area contributed by atoms with Crippen molar-refractivity contribution in [3.05, 3.63) is 39.6 Å². The Labute approximate surface area is 113 Å². The van der Waals surface area contributed by atoms with Gasteiger partial charge in [-0.05, 0) is 17.7 Å². The lowest BCUT2D eigenvalue weighted by Gasteiger charge is -2.09. The molecule has 3 nitrogen and oxygen atoms in total. The van der Waals surface area contributed by atoms with Crippen molar-refractivity contribution in [2.75, 3.05) is 11.5 Å². The molecule has 17 heavy (non-hydrogen) atoms. The number of nitrogens with two attached hydrogens (primary N) is 2. The number of anilines is 2. The molecule has 0 unspecified atom stereocenters. The number of halogens is 3. The van der Waals surface area contributed by atoms with Gasteiger partial charge >= 0.3 is 0 Å². The molecule has 1 heterocycles. The van der Waals surface area contributed by atoms with Crippen LogP contribution in [0.2, 0.25) is 15.1 Å². The number of nitrogens with zero attached hydrogens (tertiary/aromatic N) is 1. The minimum atomic E-state index is 0.313. The van der Waals surface area contributed by atoms with Gasteiger partial charge in [0, 0.05) is 11.8 Å². The normalized spacial score (nSPS) is 10.5. The molecule has 0 bridgehead atoms. The first-order valence-corrected chi connectivity index (χ1v) is 5.78. The molecule has 0 radical (unpaired) electrons. The Balaban J connectivity index is 2.65. The highest BCUT2D eigenvalue weighted by molar-refractivity contribution is 6.48. The van der Waals surface area contributed by atoms with E-state index in [2.05, 4.69) is 4.98 Å². The Morgan fingerprint density at radius 2 is 1.53 bits per heavy atom. The fourth-order valence-corrected chi connectivity index (χ4v) is 2.02. The molecule has 0 atom stereocenters. The summed E-state index contributed by atoms with van der Waals surface area (Å²) in [6.45, 7) is 0. The maximum atomic E-state index is 5.95. The van der Waals surface area contributed by atoms with Crippen molar-refractivity contribution in [2.24, 2.45) is 0 Å². The molecule has 0 saturated carbocycles. The number of aromatic nitrogens is 1. The summed E-state index contributed by atoms with van der Waals surface area (Å²) in [6.07, 6.45) is 3.08. The molecule has 1 aromatic carbocycles. The van der Waals surface area contributed by atoms with Crippen LogP contribution in [0.5, 0.6) is 0 Å². The van der Waals surface area contributed by atoms with E-state index in [1.54, 1.807) is 18.3 Å². The van der Waals surface area contributed by atoms with E-state index in [1.165, 1.54) is 6.20 Å².